The fourth-order valence-corrected chi connectivity index (χ4v) is 2.61. The van der Waals surface area contributed by atoms with Gasteiger partial charge in [0.15, 0.2) is 11.6 Å². The van der Waals surface area contributed by atoms with Crippen LogP contribution >= 0.6 is 0 Å². The van der Waals surface area contributed by atoms with Crippen LogP contribution in [0.15, 0.2) is 10.6 Å². The molecule has 0 saturated carbocycles. The van der Waals surface area contributed by atoms with Crippen LogP contribution in [-0.2, 0) is 28.9 Å². The molecule has 8 heteroatoms. The second-order valence-electron chi connectivity index (χ2n) is 5.72. The molecule has 1 N–H and O–H groups in total. The van der Waals surface area contributed by atoms with Gasteiger partial charge in [0.1, 0.15) is 12.4 Å². The molecule has 1 fully saturated rings. The Morgan fingerprint density at radius 2 is 2.21 bits per heavy atom. The Kier molecular flexibility index (Phi) is 5.71. The lowest BCUT2D eigenvalue weighted by atomic mass is 10.0. The van der Waals surface area contributed by atoms with Crippen LogP contribution in [0.2, 0.25) is 0 Å². The third-order valence-electron chi connectivity index (χ3n) is 3.89. The van der Waals surface area contributed by atoms with Gasteiger partial charge in [0.05, 0.1) is 12.3 Å². The lowest BCUT2D eigenvalue weighted by molar-refractivity contribution is 0.177. The van der Waals surface area contributed by atoms with Crippen molar-refractivity contribution in [2.24, 2.45) is 0 Å². The molecule has 8 nitrogen and oxygen atoms in total. The molecular formula is C16H23N5O3. The number of aromatic nitrogens is 4. The second kappa shape index (κ2) is 8.16. The van der Waals surface area contributed by atoms with Gasteiger partial charge < -0.3 is 19.3 Å². The molecule has 0 aromatic carbocycles. The van der Waals surface area contributed by atoms with E-state index in [1.807, 2.05) is 13.0 Å². The van der Waals surface area contributed by atoms with Gasteiger partial charge in [-0.25, -0.2) is 9.97 Å². The van der Waals surface area contributed by atoms with Crippen LogP contribution < -0.4 is 5.32 Å². The minimum absolute atomic E-state index is 0.326. The van der Waals surface area contributed by atoms with Crippen LogP contribution in [0.3, 0.4) is 0 Å². The normalized spacial score (nSPS) is 17.3. The number of rotatable bonds is 8. The van der Waals surface area contributed by atoms with E-state index < -0.39 is 0 Å². The van der Waals surface area contributed by atoms with Crippen LogP contribution in [0.1, 0.15) is 42.5 Å². The summed E-state index contributed by atoms with van der Waals surface area (Å²) in [6.45, 7) is 4.55. The zero-order chi connectivity index (χ0) is 16.8. The van der Waals surface area contributed by atoms with Crippen molar-refractivity contribution in [2.75, 3.05) is 32.2 Å². The highest BCUT2D eigenvalue weighted by Crippen LogP contribution is 2.25. The summed E-state index contributed by atoms with van der Waals surface area (Å²) in [4.78, 5) is 13.4. The number of hydrogen-bond donors (Lipinski definition) is 1. The zero-order valence-electron chi connectivity index (χ0n) is 14.1. The van der Waals surface area contributed by atoms with Crippen LogP contribution in [-0.4, -0.2) is 47.0 Å². The average molecular weight is 333 g/mol. The van der Waals surface area contributed by atoms with Gasteiger partial charge in [-0.3, -0.25) is 0 Å². The van der Waals surface area contributed by atoms with E-state index in [2.05, 4.69) is 25.4 Å². The van der Waals surface area contributed by atoms with E-state index in [9.17, 15) is 0 Å². The summed E-state index contributed by atoms with van der Waals surface area (Å²) in [6, 6.07) is 1.99. The molecule has 0 amide bonds. The van der Waals surface area contributed by atoms with Gasteiger partial charge in [-0.2, -0.15) is 4.98 Å². The minimum atomic E-state index is 0.326. The molecule has 3 heterocycles. The van der Waals surface area contributed by atoms with Gasteiger partial charge in [0.25, 0.3) is 0 Å². The Balaban J connectivity index is 1.64. The lowest BCUT2D eigenvalue weighted by Crippen LogP contribution is -2.12. The lowest BCUT2D eigenvalue weighted by Gasteiger charge is -2.12. The Morgan fingerprint density at radius 1 is 1.29 bits per heavy atom. The molecule has 2 aromatic rings. The summed E-state index contributed by atoms with van der Waals surface area (Å²) in [5.74, 6) is 3.16. The first-order valence-corrected chi connectivity index (χ1v) is 8.28. The van der Waals surface area contributed by atoms with Gasteiger partial charge in [0, 0.05) is 45.1 Å². The highest BCUT2D eigenvalue weighted by molar-refractivity contribution is 5.37. The van der Waals surface area contributed by atoms with Crippen molar-refractivity contribution in [1.82, 2.24) is 20.1 Å². The van der Waals surface area contributed by atoms with Crippen LogP contribution in [0, 0.1) is 0 Å². The summed E-state index contributed by atoms with van der Waals surface area (Å²) in [5.41, 5.74) is 1.00. The minimum Gasteiger partial charge on any atom is -0.381 e. The molecule has 0 aliphatic carbocycles. The Labute approximate surface area is 141 Å². The number of aryl methyl sites for hydroxylation is 1. The standard InChI is InChI=1S/C16H23N5O3/c1-3-13-20-16(24-21-13)4-6-17-14-8-12(11-5-7-23-9-11)18-15(19-14)10-22-2/h8,11H,3-7,9-10H2,1-2H3,(H,17,18,19)/t11-/m0/s1. The molecule has 1 saturated heterocycles. The summed E-state index contributed by atoms with van der Waals surface area (Å²) in [6.07, 6.45) is 2.42. The topological polar surface area (TPSA) is 95.2 Å². The molecule has 1 aliphatic heterocycles. The summed E-state index contributed by atoms with van der Waals surface area (Å²) >= 11 is 0. The SMILES string of the molecule is CCc1noc(CCNc2cc([C@H]3CCOC3)nc(COC)n2)n1. The maximum atomic E-state index is 5.46. The molecule has 0 spiro atoms. The Hall–Kier alpha value is -2.06. The molecule has 0 bridgehead atoms. The van der Waals surface area contributed by atoms with Crippen molar-refractivity contribution in [2.45, 2.75) is 38.7 Å². The van der Waals surface area contributed by atoms with Crippen LogP contribution in [0.25, 0.3) is 0 Å². The van der Waals surface area contributed by atoms with Gasteiger partial charge in [-0.1, -0.05) is 12.1 Å². The summed E-state index contributed by atoms with van der Waals surface area (Å²) in [7, 11) is 1.64. The molecule has 130 valence electrons. The largest absolute Gasteiger partial charge is 0.381 e. The zero-order valence-corrected chi connectivity index (χ0v) is 14.1. The van der Waals surface area contributed by atoms with Gasteiger partial charge in [-0.05, 0) is 6.42 Å². The predicted octanol–water partition coefficient (Wildman–Crippen LogP) is 1.73. The predicted molar refractivity (Wildman–Crippen MR) is 86.8 cm³/mol. The van der Waals surface area contributed by atoms with Gasteiger partial charge in [0.2, 0.25) is 5.89 Å². The monoisotopic (exact) mass is 333 g/mol. The molecule has 2 aromatic heterocycles. The van der Waals surface area contributed by atoms with Gasteiger partial charge in [-0.15, -0.1) is 0 Å². The fraction of sp³-hybridized carbons (Fsp3) is 0.625. The fourth-order valence-electron chi connectivity index (χ4n) is 2.61. The van der Waals surface area contributed by atoms with E-state index in [4.69, 9.17) is 14.0 Å². The van der Waals surface area contributed by atoms with Crippen molar-refractivity contribution in [3.05, 3.63) is 29.3 Å². The number of hydrogen-bond acceptors (Lipinski definition) is 8. The Morgan fingerprint density at radius 3 is 2.92 bits per heavy atom. The molecule has 1 atom stereocenters. The molecule has 0 radical (unpaired) electrons. The number of methoxy groups -OCH3 is 1. The molecule has 24 heavy (non-hydrogen) atoms. The van der Waals surface area contributed by atoms with Crippen molar-refractivity contribution in [3.8, 4) is 0 Å². The van der Waals surface area contributed by atoms with Crippen molar-refractivity contribution in [1.29, 1.82) is 0 Å². The van der Waals surface area contributed by atoms with E-state index in [0.29, 0.717) is 43.8 Å². The van der Waals surface area contributed by atoms with Gasteiger partial charge >= 0.3 is 0 Å². The second-order valence-corrected chi connectivity index (χ2v) is 5.72. The Bertz CT molecular complexity index is 655. The van der Waals surface area contributed by atoms with E-state index >= 15 is 0 Å². The van der Waals surface area contributed by atoms with Crippen LogP contribution in [0.4, 0.5) is 5.82 Å². The highest BCUT2D eigenvalue weighted by atomic mass is 16.5. The maximum Gasteiger partial charge on any atom is 0.228 e. The maximum absolute atomic E-state index is 5.46. The van der Waals surface area contributed by atoms with E-state index in [1.165, 1.54) is 0 Å². The first-order chi connectivity index (χ1) is 11.8. The average Bonchev–Trinajstić information content (AvgIpc) is 3.27. The van der Waals surface area contributed by atoms with Crippen molar-refractivity contribution in [3.63, 3.8) is 0 Å². The molecule has 1 aliphatic rings. The summed E-state index contributed by atoms with van der Waals surface area (Å²) in [5, 5.41) is 7.20. The van der Waals surface area contributed by atoms with Crippen molar-refractivity contribution < 1.29 is 14.0 Å². The van der Waals surface area contributed by atoms with E-state index in [-0.39, 0.29) is 0 Å². The number of anilines is 1. The third-order valence-corrected chi connectivity index (χ3v) is 3.89. The van der Waals surface area contributed by atoms with E-state index in [0.717, 1.165) is 36.8 Å². The first kappa shape index (κ1) is 16.8. The number of nitrogens with zero attached hydrogens (tertiary/aromatic N) is 4. The molecular weight excluding hydrogens is 310 g/mol. The first-order valence-electron chi connectivity index (χ1n) is 8.28. The molecule has 3 rings (SSSR count). The van der Waals surface area contributed by atoms with Crippen molar-refractivity contribution >= 4 is 5.82 Å². The summed E-state index contributed by atoms with van der Waals surface area (Å²) < 4.78 is 15.8. The van der Waals surface area contributed by atoms with Crippen LogP contribution in [0.5, 0.6) is 0 Å². The number of ether oxygens (including phenoxy) is 2. The third kappa shape index (κ3) is 4.27. The molecule has 0 unspecified atom stereocenters. The number of nitrogens with one attached hydrogen (secondary N) is 1. The smallest absolute Gasteiger partial charge is 0.228 e. The van der Waals surface area contributed by atoms with E-state index in [1.54, 1.807) is 7.11 Å². The quantitative estimate of drug-likeness (QED) is 0.780. The highest BCUT2D eigenvalue weighted by Gasteiger charge is 2.20.